The van der Waals surface area contributed by atoms with E-state index in [0.29, 0.717) is 24.5 Å². The molecule has 35 heavy (non-hydrogen) atoms. The third-order valence-corrected chi connectivity index (χ3v) is 5.91. The van der Waals surface area contributed by atoms with Crippen molar-refractivity contribution >= 4 is 28.7 Å². The van der Waals surface area contributed by atoms with Crippen molar-refractivity contribution in [3.05, 3.63) is 66.0 Å². The lowest BCUT2D eigenvalue weighted by Crippen LogP contribution is -2.27. The van der Waals surface area contributed by atoms with Crippen molar-refractivity contribution in [3.63, 3.8) is 0 Å². The Morgan fingerprint density at radius 1 is 1.37 bits per heavy atom. The fraction of sp³-hybridized carbons (Fsp3) is 0.280. The van der Waals surface area contributed by atoms with E-state index >= 15 is 0 Å². The van der Waals surface area contributed by atoms with Crippen molar-refractivity contribution in [1.29, 1.82) is 0 Å². The number of aromatic nitrogens is 4. The van der Waals surface area contributed by atoms with Gasteiger partial charge in [0.05, 0.1) is 36.2 Å². The van der Waals surface area contributed by atoms with E-state index in [0.717, 1.165) is 23.1 Å². The van der Waals surface area contributed by atoms with E-state index in [1.165, 1.54) is 19.4 Å². The molecule has 0 unspecified atom stereocenters. The van der Waals surface area contributed by atoms with Gasteiger partial charge in [-0.3, -0.25) is 9.59 Å². The highest BCUT2D eigenvalue weighted by Crippen LogP contribution is 2.34. The molecule has 10 nitrogen and oxygen atoms in total. The molecule has 1 aromatic carbocycles. The van der Waals surface area contributed by atoms with Crippen LogP contribution < -0.4 is 11.1 Å². The Morgan fingerprint density at radius 2 is 2.17 bits per heavy atom. The quantitative estimate of drug-likeness (QED) is 0.322. The van der Waals surface area contributed by atoms with Gasteiger partial charge in [0.2, 0.25) is 5.91 Å². The van der Waals surface area contributed by atoms with Crippen LogP contribution in [0.1, 0.15) is 41.0 Å². The average Bonchev–Trinajstić information content (AvgIpc) is 3.56. The number of anilines is 1. The Balaban J connectivity index is 1.73. The van der Waals surface area contributed by atoms with Gasteiger partial charge in [-0.25, -0.2) is 9.67 Å². The molecule has 2 amide bonds. The molecule has 3 aromatic rings. The summed E-state index contributed by atoms with van der Waals surface area (Å²) in [6, 6.07) is 5.51. The summed E-state index contributed by atoms with van der Waals surface area (Å²) in [5.41, 5.74) is 9.46. The van der Waals surface area contributed by atoms with Crippen molar-refractivity contribution in [2.24, 2.45) is 5.73 Å². The van der Waals surface area contributed by atoms with E-state index < -0.39 is 5.91 Å². The van der Waals surface area contributed by atoms with Gasteiger partial charge < -0.3 is 25.3 Å². The summed E-state index contributed by atoms with van der Waals surface area (Å²) in [7, 11) is 3.20. The minimum absolute atomic E-state index is 0.196. The van der Waals surface area contributed by atoms with E-state index in [4.69, 9.17) is 10.5 Å². The summed E-state index contributed by atoms with van der Waals surface area (Å²) >= 11 is 0. The van der Waals surface area contributed by atoms with Gasteiger partial charge in [-0.05, 0) is 37.1 Å². The van der Waals surface area contributed by atoms with Gasteiger partial charge in [0, 0.05) is 32.1 Å². The molecule has 4 rings (SSSR count). The van der Waals surface area contributed by atoms with Crippen LogP contribution in [0.15, 0.2) is 49.1 Å². The number of aryl methyl sites for hydroxylation is 1. The molecule has 0 radical (unpaired) electrons. The number of hydrogen-bond acceptors (Lipinski definition) is 6. The molecule has 1 aliphatic heterocycles. The second-order valence-corrected chi connectivity index (χ2v) is 7.97. The Labute approximate surface area is 203 Å². The van der Waals surface area contributed by atoms with Crippen LogP contribution in [0.3, 0.4) is 0 Å². The SMILES string of the molecule is C=CC(=O)N1C[C@@H](n2nc(C#Cc3ccc4c(c3)ncn4CC)c(C(N)=O)c2NC)C/C1=C\OC. The van der Waals surface area contributed by atoms with Gasteiger partial charge in [-0.2, -0.15) is 5.10 Å². The summed E-state index contributed by atoms with van der Waals surface area (Å²) in [4.78, 5) is 30.7. The first kappa shape index (κ1) is 23.6. The zero-order chi connectivity index (χ0) is 25.1. The lowest BCUT2D eigenvalue weighted by molar-refractivity contribution is -0.123. The molecule has 0 saturated carbocycles. The van der Waals surface area contributed by atoms with E-state index in [9.17, 15) is 9.59 Å². The van der Waals surface area contributed by atoms with Crippen LogP contribution in [-0.4, -0.2) is 56.7 Å². The lowest BCUT2D eigenvalue weighted by Gasteiger charge is -2.16. The topological polar surface area (TPSA) is 120 Å². The van der Waals surface area contributed by atoms with Crippen LogP contribution >= 0.6 is 0 Å². The molecular formula is C25H27N7O3. The number of fused-ring (bicyclic) bond motifs is 1. The van der Waals surface area contributed by atoms with Crippen molar-refractivity contribution in [2.75, 3.05) is 26.0 Å². The van der Waals surface area contributed by atoms with Crippen molar-refractivity contribution < 1.29 is 14.3 Å². The minimum Gasteiger partial charge on any atom is -0.503 e. The first-order chi connectivity index (χ1) is 16.9. The highest BCUT2D eigenvalue weighted by Gasteiger charge is 2.35. The van der Waals surface area contributed by atoms with Gasteiger partial charge in [0.25, 0.3) is 5.91 Å². The second kappa shape index (κ2) is 9.77. The van der Waals surface area contributed by atoms with Crippen molar-refractivity contribution in [2.45, 2.75) is 25.9 Å². The molecule has 1 saturated heterocycles. The van der Waals surface area contributed by atoms with Crippen molar-refractivity contribution in [3.8, 4) is 11.8 Å². The Bertz CT molecular complexity index is 1400. The predicted octanol–water partition coefficient (Wildman–Crippen LogP) is 2.24. The van der Waals surface area contributed by atoms with Crippen molar-refractivity contribution in [1.82, 2.24) is 24.2 Å². The zero-order valence-corrected chi connectivity index (χ0v) is 19.9. The number of nitrogens with two attached hydrogens (primary N) is 1. The highest BCUT2D eigenvalue weighted by atomic mass is 16.5. The minimum atomic E-state index is -0.647. The smallest absolute Gasteiger partial charge is 0.255 e. The molecule has 180 valence electrons. The summed E-state index contributed by atoms with van der Waals surface area (Å²) in [5, 5.41) is 7.65. The average molecular weight is 474 g/mol. The number of carbonyl (C=O) groups is 2. The first-order valence-electron chi connectivity index (χ1n) is 11.1. The number of methoxy groups -OCH3 is 1. The lowest BCUT2D eigenvalue weighted by atomic mass is 10.1. The fourth-order valence-corrected chi connectivity index (χ4v) is 4.28. The van der Waals surface area contributed by atoms with E-state index in [1.54, 1.807) is 23.0 Å². The second-order valence-electron chi connectivity index (χ2n) is 7.97. The van der Waals surface area contributed by atoms with Crippen LogP contribution in [0.2, 0.25) is 0 Å². The number of ether oxygens (including phenoxy) is 1. The molecule has 0 aliphatic carbocycles. The molecule has 3 heterocycles. The Hall–Kier alpha value is -4.52. The van der Waals surface area contributed by atoms with Crippen LogP contribution in [0.5, 0.6) is 0 Å². The predicted molar refractivity (Wildman–Crippen MR) is 132 cm³/mol. The maximum atomic E-state index is 12.4. The van der Waals surface area contributed by atoms with Crippen LogP contribution in [-0.2, 0) is 16.1 Å². The summed E-state index contributed by atoms with van der Waals surface area (Å²) in [6.45, 7) is 6.78. The molecule has 0 spiro atoms. The monoisotopic (exact) mass is 473 g/mol. The third-order valence-electron chi connectivity index (χ3n) is 5.91. The number of carbonyl (C=O) groups excluding carboxylic acids is 2. The molecule has 3 N–H and O–H groups in total. The fourth-order valence-electron chi connectivity index (χ4n) is 4.28. The zero-order valence-electron chi connectivity index (χ0n) is 19.9. The van der Waals surface area contributed by atoms with Gasteiger partial charge >= 0.3 is 0 Å². The van der Waals surface area contributed by atoms with Gasteiger partial charge in [-0.15, -0.1) is 0 Å². The number of primary amides is 1. The summed E-state index contributed by atoms with van der Waals surface area (Å²) < 4.78 is 8.86. The van der Waals surface area contributed by atoms with Gasteiger partial charge in [0.1, 0.15) is 17.6 Å². The summed E-state index contributed by atoms with van der Waals surface area (Å²) in [6.07, 6.45) is 5.03. The number of imidazole rings is 1. The number of hydrogen-bond donors (Lipinski definition) is 2. The molecule has 10 heteroatoms. The van der Waals surface area contributed by atoms with E-state index in [2.05, 4.69) is 40.7 Å². The number of likely N-dealkylation sites (tertiary alicyclic amines) is 1. The third kappa shape index (κ3) is 4.36. The van der Waals surface area contributed by atoms with Crippen LogP contribution in [0, 0.1) is 11.8 Å². The number of nitrogens with zero attached hydrogens (tertiary/aromatic N) is 5. The molecular weight excluding hydrogens is 446 g/mol. The standard InChI is InChI=1S/C25H27N7O3/c1-5-22(33)31-13-17(12-18(31)14-35-4)32-25(27-3)23(24(26)34)19(29-32)9-7-16-8-10-21-20(11-16)28-15-30(21)6-2/h5,8,10-11,14-15,17,27H,1,6,12-13H2,2-4H3,(H2,26,34)/b18-14+/t17-/m0/s1. The summed E-state index contributed by atoms with van der Waals surface area (Å²) in [5.74, 6) is 5.63. The van der Waals surface area contributed by atoms with Gasteiger partial charge in [-0.1, -0.05) is 12.5 Å². The normalized spacial score (nSPS) is 16.3. The van der Waals surface area contributed by atoms with Crippen LogP contribution in [0.25, 0.3) is 11.0 Å². The van der Waals surface area contributed by atoms with E-state index in [-0.39, 0.29) is 23.2 Å². The van der Waals surface area contributed by atoms with Crippen LogP contribution in [0.4, 0.5) is 5.82 Å². The highest BCUT2D eigenvalue weighted by molar-refractivity contribution is 6.00. The molecule has 1 atom stereocenters. The number of nitrogens with one attached hydrogen (secondary N) is 1. The number of benzene rings is 1. The van der Waals surface area contributed by atoms with E-state index in [1.807, 2.05) is 22.8 Å². The molecule has 2 aromatic heterocycles. The number of amides is 2. The maximum Gasteiger partial charge on any atom is 0.255 e. The molecule has 0 bridgehead atoms. The Morgan fingerprint density at radius 3 is 2.83 bits per heavy atom. The maximum absolute atomic E-state index is 12.4. The number of allylic oxidation sites excluding steroid dienone is 1. The molecule has 1 aliphatic rings. The molecule has 1 fully saturated rings. The Kier molecular flexibility index (Phi) is 6.59. The van der Waals surface area contributed by atoms with Gasteiger partial charge in [0.15, 0.2) is 5.69 Å². The first-order valence-corrected chi connectivity index (χ1v) is 11.1. The largest absolute Gasteiger partial charge is 0.503 e. The number of rotatable bonds is 6.